The highest BCUT2D eigenvalue weighted by atomic mass is 32.2. The average molecular weight is 301 g/mol. The molecule has 1 amide bonds. The van der Waals surface area contributed by atoms with Crippen LogP contribution in [-0.2, 0) is 10.5 Å². The minimum atomic E-state index is 0.0139. The van der Waals surface area contributed by atoms with Gasteiger partial charge >= 0.3 is 0 Å². The number of para-hydroxylation sites is 2. The van der Waals surface area contributed by atoms with E-state index in [1.807, 2.05) is 42.5 Å². The molecule has 0 unspecified atom stereocenters. The zero-order valence-electron chi connectivity index (χ0n) is 12.0. The summed E-state index contributed by atoms with van der Waals surface area (Å²) in [6.45, 7) is 0. The maximum Gasteiger partial charge on any atom is 0.225 e. The summed E-state index contributed by atoms with van der Waals surface area (Å²) in [5.41, 5.74) is 2.01. The van der Waals surface area contributed by atoms with Crippen molar-refractivity contribution >= 4 is 23.4 Å². The largest absolute Gasteiger partial charge is 0.495 e. The first-order chi connectivity index (χ1) is 10.3. The highest BCUT2D eigenvalue weighted by molar-refractivity contribution is 7.98. The van der Waals surface area contributed by atoms with Gasteiger partial charge in [-0.3, -0.25) is 4.79 Å². The van der Waals surface area contributed by atoms with E-state index in [0.717, 1.165) is 17.2 Å². The van der Waals surface area contributed by atoms with Crippen LogP contribution in [-0.4, -0.2) is 18.8 Å². The SMILES string of the molecule is COc1ccccc1NC(=O)CCSCc1ccccc1. The molecule has 0 atom stereocenters. The number of methoxy groups -OCH3 is 1. The van der Waals surface area contributed by atoms with Crippen molar-refractivity contribution in [2.45, 2.75) is 12.2 Å². The van der Waals surface area contributed by atoms with Crippen LogP contribution in [0.5, 0.6) is 5.75 Å². The summed E-state index contributed by atoms with van der Waals surface area (Å²) < 4.78 is 5.21. The van der Waals surface area contributed by atoms with Crippen molar-refractivity contribution in [2.75, 3.05) is 18.2 Å². The molecule has 0 fully saturated rings. The molecular formula is C17H19NO2S. The lowest BCUT2D eigenvalue weighted by molar-refractivity contribution is -0.115. The molecule has 3 nitrogen and oxygen atoms in total. The summed E-state index contributed by atoms with van der Waals surface area (Å²) in [5, 5.41) is 2.88. The van der Waals surface area contributed by atoms with Crippen molar-refractivity contribution in [3.05, 3.63) is 60.2 Å². The Bertz CT molecular complexity index is 572. The molecule has 2 rings (SSSR count). The summed E-state index contributed by atoms with van der Waals surface area (Å²) in [6.07, 6.45) is 0.496. The monoisotopic (exact) mass is 301 g/mol. The van der Waals surface area contributed by atoms with Gasteiger partial charge in [0.05, 0.1) is 12.8 Å². The third-order valence-electron chi connectivity index (χ3n) is 2.97. The van der Waals surface area contributed by atoms with Crippen LogP contribution in [0.15, 0.2) is 54.6 Å². The predicted molar refractivity (Wildman–Crippen MR) is 88.8 cm³/mol. The molecule has 1 N–H and O–H groups in total. The maximum absolute atomic E-state index is 11.9. The molecule has 2 aromatic carbocycles. The van der Waals surface area contributed by atoms with Crippen LogP contribution in [0.4, 0.5) is 5.69 Å². The van der Waals surface area contributed by atoms with E-state index in [9.17, 15) is 4.79 Å². The van der Waals surface area contributed by atoms with Crippen LogP contribution >= 0.6 is 11.8 Å². The molecule has 0 spiro atoms. The standard InChI is InChI=1S/C17H19NO2S/c1-20-16-10-6-5-9-15(16)18-17(19)11-12-21-13-14-7-3-2-4-8-14/h2-10H,11-13H2,1H3,(H,18,19). The van der Waals surface area contributed by atoms with Gasteiger partial charge < -0.3 is 10.1 Å². The third kappa shape index (κ3) is 5.16. The van der Waals surface area contributed by atoms with Crippen molar-refractivity contribution in [1.29, 1.82) is 0 Å². The number of anilines is 1. The normalized spacial score (nSPS) is 10.1. The first-order valence-corrected chi connectivity index (χ1v) is 7.99. The molecule has 0 saturated carbocycles. The Balaban J connectivity index is 1.72. The van der Waals surface area contributed by atoms with Gasteiger partial charge in [0.1, 0.15) is 5.75 Å². The van der Waals surface area contributed by atoms with Crippen LogP contribution in [0.1, 0.15) is 12.0 Å². The van der Waals surface area contributed by atoms with Crippen molar-refractivity contribution < 1.29 is 9.53 Å². The van der Waals surface area contributed by atoms with Gasteiger partial charge in [-0.05, 0) is 17.7 Å². The minimum absolute atomic E-state index is 0.0139. The van der Waals surface area contributed by atoms with Crippen LogP contribution in [0.25, 0.3) is 0 Å². The summed E-state index contributed by atoms with van der Waals surface area (Å²) >= 11 is 1.76. The van der Waals surface area contributed by atoms with E-state index < -0.39 is 0 Å². The van der Waals surface area contributed by atoms with Crippen molar-refractivity contribution in [3.8, 4) is 5.75 Å². The zero-order chi connectivity index (χ0) is 14.9. The molecule has 0 aliphatic carbocycles. The quantitative estimate of drug-likeness (QED) is 0.787. The molecule has 0 aliphatic rings. The van der Waals surface area contributed by atoms with Gasteiger partial charge in [0.25, 0.3) is 0 Å². The molecule has 110 valence electrons. The Morgan fingerprint density at radius 3 is 2.57 bits per heavy atom. The Kier molecular flexibility index (Phi) is 6.16. The number of hydrogen-bond acceptors (Lipinski definition) is 3. The van der Waals surface area contributed by atoms with Gasteiger partial charge in [-0.25, -0.2) is 0 Å². The van der Waals surface area contributed by atoms with Gasteiger partial charge in [0, 0.05) is 17.9 Å². The van der Waals surface area contributed by atoms with E-state index in [-0.39, 0.29) is 5.91 Å². The first kappa shape index (κ1) is 15.4. The number of benzene rings is 2. The summed E-state index contributed by atoms with van der Waals surface area (Å²) in [6, 6.07) is 17.7. The van der Waals surface area contributed by atoms with Gasteiger partial charge in [-0.2, -0.15) is 11.8 Å². The van der Waals surface area contributed by atoms with Gasteiger partial charge in [0.2, 0.25) is 5.91 Å². The topological polar surface area (TPSA) is 38.3 Å². The smallest absolute Gasteiger partial charge is 0.225 e. The van der Waals surface area contributed by atoms with E-state index in [1.54, 1.807) is 18.9 Å². The van der Waals surface area contributed by atoms with E-state index in [0.29, 0.717) is 12.2 Å². The van der Waals surface area contributed by atoms with Crippen LogP contribution < -0.4 is 10.1 Å². The summed E-state index contributed by atoms with van der Waals surface area (Å²) in [4.78, 5) is 11.9. The fraction of sp³-hybridized carbons (Fsp3) is 0.235. The van der Waals surface area contributed by atoms with Crippen molar-refractivity contribution in [3.63, 3.8) is 0 Å². The van der Waals surface area contributed by atoms with Crippen LogP contribution in [0, 0.1) is 0 Å². The number of rotatable bonds is 7. The first-order valence-electron chi connectivity index (χ1n) is 6.84. The fourth-order valence-electron chi connectivity index (χ4n) is 1.89. The summed E-state index contributed by atoms with van der Waals surface area (Å²) in [5.74, 6) is 2.43. The number of nitrogens with one attached hydrogen (secondary N) is 1. The fourth-order valence-corrected chi connectivity index (χ4v) is 2.79. The van der Waals surface area contributed by atoms with E-state index in [1.165, 1.54) is 5.56 Å². The number of carbonyl (C=O) groups is 1. The van der Waals surface area contributed by atoms with Crippen LogP contribution in [0.3, 0.4) is 0 Å². The lowest BCUT2D eigenvalue weighted by Gasteiger charge is -2.09. The molecule has 0 radical (unpaired) electrons. The molecule has 0 saturated heterocycles. The molecular weight excluding hydrogens is 282 g/mol. The highest BCUT2D eigenvalue weighted by Gasteiger charge is 2.06. The minimum Gasteiger partial charge on any atom is -0.495 e. The molecule has 0 heterocycles. The lowest BCUT2D eigenvalue weighted by Crippen LogP contribution is -2.12. The Hall–Kier alpha value is -1.94. The van der Waals surface area contributed by atoms with Gasteiger partial charge in [-0.1, -0.05) is 42.5 Å². The van der Waals surface area contributed by atoms with Crippen molar-refractivity contribution in [2.24, 2.45) is 0 Å². The van der Waals surface area contributed by atoms with Gasteiger partial charge in [-0.15, -0.1) is 0 Å². The number of carbonyl (C=O) groups excluding carboxylic acids is 1. The van der Waals surface area contributed by atoms with E-state index in [4.69, 9.17) is 4.74 Å². The second-order valence-electron chi connectivity index (χ2n) is 4.54. The molecule has 0 bridgehead atoms. The van der Waals surface area contributed by atoms with E-state index in [2.05, 4.69) is 17.4 Å². The van der Waals surface area contributed by atoms with Crippen LogP contribution in [0.2, 0.25) is 0 Å². The summed E-state index contributed by atoms with van der Waals surface area (Å²) in [7, 11) is 1.60. The van der Waals surface area contributed by atoms with Gasteiger partial charge in [0.15, 0.2) is 0 Å². The highest BCUT2D eigenvalue weighted by Crippen LogP contribution is 2.23. The molecule has 0 aliphatic heterocycles. The zero-order valence-corrected chi connectivity index (χ0v) is 12.9. The Morgan fingerprint density at radius 1 is 1.10 bits per heavy atom. The predicted octanol–water partition coefficient (Wildman–Crippen LogP) is 3.96. The molecule has 2 aromatic rings. The second-order valence-corrected chi connectivity index (χ2v) is 5.64. The number of ether oxygens (including phenoxy) is 1. The molecule has 4 heteroatoms. The average Bonchev–Trinajstić information content (AvgIpc) is 2.53. The second kappa shape index (κ2) is 8.37. The number of thioether (sulfide) groups is 1. The van der Waals surface area contributed by atoms with E-state index >= 15 is 0 Å². The number of hydrogen-bond donors (Lipinski definition) is 1. The van der Waals surface area contributed by atoms with Crippen molar-refractivity contribution in [1.82, 2.24) is 0 Å². The Morgan fingerprint density at radius 2 is 1.81 bits per heavy atom. The molecule has 0 aromatic heterocycles. The lowest BCUT2D eigenvalue weighted by atomic mass is 10.2. The molecule has 21 heavy (non-hydrogen) atoms. The Labute approximate surface area is 129 Å². The maximum atomic E-state index is 11.9. The third-order valence-corrected chi connectivity index (χ3v) is 4.00. The number of amides is 1.